The number of rotatable bonds is 4. The number of hydrogen-bond donors (Lipinski definition) is 0. The highest BCUT2D eigenvalue weighted by Gasteiger charge is 2.31. The second kappa shape index (κ2) is 5.38. The molecule has 1 aliphatic rings. The van der Waals surface area contributed by atoms with Gasteiger partial charge in [-0.2, -0.15) is 4.31 Å². The van der Waals surface area contributed by atoms with Gasteiger partial charge in [-0.3, -0.25) is 0 Å². The molecule has 2 heterocycles. The van der Waals surface area contributed by atoms with E-state index < -0.39 is 10.0 Å². The molecule has 0 radical (unpaired) electrons. The van der Waals surface area contributed by atoms with Crippen molar-refractivity contribution in [2.75, 3.05) is 19.7 Å². The molecule has 1 aromatic rings. The second-order valence-electron chi connectivity index (χ2n) is 4.76. The van der Waals surface area contributed by atoms with Crippen LogP contribution in [0.1, 0.15) is 19.5 Å². The van der Waals surface area contributed by atoms with Gasteiger partial charge in [-0.1, -0.05) is 19.0 Å². The van der Waals surface area contributed by atoms with Gasteiger partial charge in [0.15, 0.2) is 0 Å². The Morgan fingerprint density at radius 1 is 1.56 bits per heavy atom. The summed E-state index contributed by atoms with van der Waals surface area (Å²) in [5, 5.41) is 3.64. The molecule has 1 aromatic heterocycles. The van der Waals surface area contributed by atoms with Crippen LogP contribution in [0.5, 0.6) is 0 Å². The third-order valence-electron chi connectivity index (χ3n) is 3.01. The van der Waals surface area contributed by atoms with Crippen molar-refractivity contribution in [2.24, 2.45) is 5.92 Å². The number of aromatic nitrogens is 1. The largest absolute Gasteiger partial charge is 0.375 e. The van der Waals surface area contributed by atoms with E-state index in [0.717, 1.165) is 0 Å². The molecule has 1 unspecified atom stereocenters. The molecule has 0 bridgehead atoms. The van der Waals surface area contributed by atoms with Crippen LogP contribution in [0.3, 0.4) is 0 Å². The van der Waals surface area contributed by atoms with Crippen molar-refractivity contribution in [3.05, 3.63) is 18.0 Å². The van der Waals surface area contributed by atoms with Gasteiger partial charge >= 0.3 is 0 Å². The SMILES string of the molecule is CC(C)C1CN(S(=O)(=O)Cc2ccon2)CCO1. The molecule has 0 aliphatic carbocycles. The molecule has 0 spiro atoms. The summed E-state index contributed by atoms with van der Waals surface area (Å²) < 4.78 is 36.1. The fourth-order valence-electron chi connectivity index (χ4n) is 1.90. The van der Waals surface area contributed by atoms with Crippen LogP contribution >= 0.6 is 0 Å². The van der Waals surface area contributed by atoms with Gasteiger partial charge in [0.25, 0.3) is 0 Å². The van der Waals surface area contributed by atoms with Crippen LogP contribution in [0, 0.1) is 5.92 Å². The van der Waals surface area contributed by atoms with Crippen molar-refractivity contribution >= 4 is 10.0 Å². The Labute approximate surface area is 107 Å². The summed E-state index contributed by atoms with van der Waals surface area (Å²) >= 11 is 0. The molecule has 7 heteroatoms. The van der Waals surface area contributed by atoms with E-state index in [1.165, 1.54) is 10.6 Å². The lowest BCUT2D eigenvalue weighted by Gasteiger charge is -2.33. The van der Waals surface area contributed by atoms with Crippen LogP contribution < -0.4 is 0 Å². The Morgan fingerprint density at radius 2 is 2.33 bits per heavy atom. The quantitative estimate of drug-likeness (QED) is 0.814. The Balaban J connectivity index is 2.05. The monoisotopic (exact) mass is 274 g/mol. The first-order valence-corrected chi connectivity index (χ1v) is 7.58. The molecule has 102 valence electrons. The summed E-state index contributed by atoms with van der Waals surface area (Å²) in [6, 6.07) is 1.57. The van der Waals surface area contributed by atoms with Gasteiger partial charge in [0.1, 0.15) is 12.0 Å². The summed E-state index contributed by atoms with van der Waals surface area (Å²) in [6.07, 6.45) is 1.34. The second-order valence-corrected chi connectivity index (χ2v) is 6.73. The minimum absolute atomic E-state index is 0.0363. The summed E-state index contributed by atoms with van der Waals surface area (Å²) in [7, 11) is -3.34. The standard InChI is InChI=1S/C11H18N2O4S/c1-9(2)11-7-13(4-6-16-11)18(14,15)8-10-3-5-17-12-10/h3,5,9,11H,4,6-8H2,1-2H3. The maximum atomic E-state index is 12.2. The molecule has 0 aromatic carbocycles. The highest BCUT2D eigenvalue weighted by Crippen LogP contribution is 2.18. The average molecular weight is 274 g/mol. The number of ether oxygens (including phenoxy) is 1. The predicted molar refractivity (Wildman–Crippen MR) is 65.3 cm³/mol. The summed E-state index contributed by atoms with van der Waals surface area (Å²) in [5.74, 6) is 0.184. The highest BCUT2D eigenvalue weighted by molar-refractivity contribution is 7.88. The Kier molecular flexibility index (Phi) is 4.04. The molecule has 0 saturated carbocycles. The minimum atomic E-state index is -3.34. The van der Waals surface area contributed by atoms with E-state index in [9.17, 15) is 8.42 Å². The molecule has 1 saturated heterocycles. The molecule has 1 fully saturated rings. The van der Waals surface area contributed by atoms with Crippen LogP contribution in [-0.2, 0) is 20.5 Å². The topological polar surface area (TPSA) is 72.6 Å². The van der Waals surface area contributed by atoms with Crippen molar-refractivity contribution in [2.45, 2.75) is 25.7 Å². The molecule has 1 aliphatic heterocycles. The van der Waals surface area contributed by atoms with Crippen LogP contribution in [0.2, 0.25) is 0 Å². The maximum absolute atomic E-state index is 12.2. The lowest BCUT2D eigenvalue weighted by Crippen LogP contribution is -2.47. The molecule has 6 nitrogen and oxygen atoms in total. The van der Waals surface area contributed by atoms with E-state index in [1.54, 1.807) is 6.07 Å². The van der Waals surface area contributed by atoms with E-state index in [2.05, 4.69) is 9.68 Å². The van der Waals surface area contributed by atoms with Crippen LogP contribution in [0.4, 0.5) is 0 Å². The fraction of sp³-hybridized carbons (Fsp3) is 0.727. The Hall–Kier alpha value is -0.920. The van der Waals surface area contributed by atoms with Gasteiger partial charge in [-0.25, -0.2) is 8.42 Å². The number of sulfonamides is 1. The van der Waals surface area contributed by atoms with Crippen molar-refractivity contribution in [1.82, 2.24) is 9.46 Å². The van der Waals surface area contributed by atoms with E-state index in [-0.39, 0.29) is 11.9 Å². The van der Waals surface area contributed by atoms with Gasteiger partial charge in [-0.05, 0) is 5.92 Å². The van der Waals surface area contributed by atoms with Crippen molar-refractivity contribution in [3.63, 3.8) is 0 Å². The van der Waals surface area contributed by atoms with Crippen LogP contribution in [0.15, 0.2) is 16.9 Å². The average Bonchev–Trinajstić information content (AvgIpc) is 2.81. The minimum Gasteiger partial charge on any atom is -0.375 e. The number of hydrogen-bond acceptors (Lipinski definition) is 5. The normalized spacial score (nSPS) is 22.5. The molecule has 2 rings (SSSR count). The number of morpholine rings is 1. The van der Waals surface area contributed by atoms with E-state index in [0.29, 0.717) is 31.3 Å². The lowest BCUT2D eigenvalue weighted by atomic mass is 10.1. The zero-order valence-corrected chi connectivity index (χ0v) is 11.4. The third-order valence-corrected chi connectivity index (χ3v) is 4.79. The Morgan fingerprint density at radius 3 is 2.94 bits per heavy atom. The van der Waals surface area contributed by atoms with E-state index >= 15 is 0 Å². The van der Waals surface area contributed by atoms with Gasteiger partial charge in [0.2, 0.25) is 10.0 Å². The first-order chi connectivity index (χ1) is 8.49. The molecule has 0 N–H and O–H groups in total. The molecule has 18 heavy (non-hydrogen) atoms. The summed E-state index contributed by atoms with van der Waals surface area (Å²) in [5.41, 5.74) is 0.433. The predicted octanol–water partition coefficient (Wildman–Crippen LogP) is 0.861. The number of nitrogens with zero attached hydrogens (tertiary/aromatic N) is 2. The smallest absolute Gasteiger partial charge is 0.220 e. The molecular formula is C11H18N2O4S. The fourth-order valence-corrected chi connectivity index (χ4v) is 3.33. The highest BCUT2D eigenvalue weighted by atomic mass is 32.2. The van der Waals surface area contributed by atoms with Gasteiger partial charge in [-0.15, -0.1) is 0 Å². The van der Waals surface area contributed by atoms with Crippen molar-refractivity contribution in [1.29, 1.82) is 0 Å². The van der Waals surface area contributed by atoms with E-state index in [1.807, 2.05) is 13.8 Å². The van der Waals surface area contributed by atoms with Crippen LogP contribution in [0.25, 0.3) is 0 Å². The zero-order chi connectivity index (χ0) is 13.2. The van der Waals surface area contributed by atoms with Gasteiger partial charge in [0.05, 0.1) is 18.4 Å². The molecule has 0 amide bonds. The lowest BCUT2D eigenvalue weighted by molar-refractivity contribution is -0.0263. The van der Waals surface area contributed by atoms with Crippen LogP contribution in [-0.4, -0.2) is 43.7 Å². The third kappa shape index (κ3) is 3.09. The van der Waals surface area contributed by atoms with Gasteiger partial charge in [0, 0.05) is 19.2 Å². The van der Waals surface area contributed by atoms with Crippen molar-refractivity contribution in [3.8, 4) is 0 Å². The van der Waals surface area contributed by atoms with Crippen molar-refractivity contribution < 1.29 is 17.7 Å². The summed E-state index contributed by atoms with van der Waals surface area (Å²) in [6.45, 7) is 5.32. The molecular weight excluding hydrogens is 256 g/mol. The first-order valence-electron chi connectivity index (χ1n) is 5.98. The maximum Gasteiger partial charge on any atom is 0.220 e. The first kappa shape index (κ1) is 13.5. The summed E-state index contributed by atoms with van der Waals surface area (Å²) in [4.78, 5) is 0. The van der Waals surface area contributed by atoms with E-state index in [4.69, 9.17) is 4.74 Å². The van der Waals surface area contributed by atoms with Gasteiger partial charge < -0.3 is 9.26 Å². The zero-order valence-electron chi connectivity index (χ0n) is 10.6. The Bertz CT molecular complexity index is 469. The molecule has 1 atom stereocenters.